The van der Waals surface area contributed by atoms with Gasteiger partial charge in [-0.15, -0.1) is 0 Å². The van der Waals surface area contributed by atoms with Gasteiger partial charge < -0.3 is 10.1 Å². The van der Waals surface area contributed by atoms with E-state index in [1.807, 2.05) is 0 Å². The van der Waals surface area contributed by atoms with Gasteiger partial charge in [0.2, 0.25) is 5.91 Å². The van der Waals surface area contributed by atoms with Gasteiger partial charge in [0.25, 0.3) is 10.2 Å². The molecule has 26 heavy (non-hydrogen) atoms. The number of amides is 1. The van der Waals surface area contributed by atoms with Gasteiger partial charge in [-0.05, 0) is 31.0 Å². The monoisotopic (exact) mass is 403 g/mol. The van der Waals surface area contributed by atoms with Crippen LogP contribution in [0.25, 0.3) is 0 Å². The Balaban J connectivity index is 2.11. The molecule has 10 heteroatoms. The highest BCUT2D eigenvalue weighted by molar-refractivity contribution is 7.86. The molecule has 0 radical (unpaired) electrons. The molecule has 0 unspecified atom stereocenters. The first-order valence-electron chi connectivity index (χ1n) is 8.03. The molecule has 1 saturated heterocycles. The maximum atomic E-state index is 12.6. The number of carbonyl (C=O) groups is 2. The summed E-state index contributed by atoms with van der Waals surface area (Å²) in [4.78, 5) is 24.2. The summed E-state index contributed by atoms with van der Waals surface area (Å²) in [5, 5.41) is 2.94. The standard InChI is InChI=1S/C16H22ClN3O5S/c1-19(2)26(23,24)20-8-4-5-11(10-20)15(21)18-12-6-7-14(17)13(9-12)16(22)25-3/h6-7,9,11H,4-5,8,10H2,1-3H3,(H,18,21)/t11-/m0/s1. The zero-order valence-corrected chi connectivity index (χ0v) is 16.4. The number of hydrogen-bond donors (Lipinski definition) is 1. The van der Waals surface area contributed by atoms with Crippen LogP contribution in [0.4, 0.5) is 5.69 Å². The maximum absolute atomic E-state index is 12.6. The molecule has 0 saturated carbocycles. The molecular formula is C16H22ClN3O5S. The third-order valence-electron chi connectivity index (χ3n) is 4.18. The van der Waals surface area contributed by atoms with E-state index < -0.39 is 22.1 Å². The molecule has 1 atom stereocenters. The van der Waals surface area contributed by atoms with Crippen LogP contribution in [0.15, 0.2) is 18.2 Å². The normalized spacial score (nSPS) is 18.6. The highest BCUT2D eigenvalue weighted by Crippen LogP contribution is 2.24. The van der Waals surface area contributed by atoms with Crippen molar-refractivity contribution in [3.63, 3.8) is 0 Å². The lowest BCUT2D eigenvalue weighted by Gasteiger charge is -2.32. The molecule has 1 aliphatic heterocycles. The number of anilines is 1. The third kappa shape index (κ3) is 4.53. The van der Waals surface area contributed by atoms with Crippen molar-refractivity contribution >= 4 is 39.4 Å². The first kappa shape index (κ1) is 20.6. The molecule has 1 N–H and O–H groups in total. The number of ether oxygens (including phenoxy) is 1. The number of benzene rings is 1. The SMILES string of the molecule is COC(=O)c1cc(NC(=O)[C@H]2CCCN(S(=O)(=O)N(C)C)C2)ccc1Cl. The summed E-state index contributed by atoms with van der Waals surface area (Å²) < 4.78 is 31.6. The van der Waals surface area contributed by atoms with E-state index >= 15 is 0 Å². The molecule has 0 aliphatic carbocycles. The number of piperidine rings is 1. The van der Waals surface area contributed by atoms with Gasteiger partial charge in [-0.25, -0.2) is 4.79 Å². The van der Waals surface area contributed by atoms with Gasteiger partial charge in [0.1, 0.15) is 0 Å². The summed E-state index contributed by atoms with van der Waals surface area (Å²) in [6.45, 7) is 0.502. The molecule has 1 fully saturated rings. The number of nitrogens with zero attached hydrogens (tertiary/aromatic N) is 2. The molecule has 1 amide bonds. The second kappa shape index (κ2) is 8.34. The van der Waals surface area contributed by atoms with E-state index in [2.05, 4.69) is 10.1 Å². The predicted molar refractivity (Wildman–Crippen MR) is 98.3 cm³/mol. The second-order valence-corrected chi connectivity index (χ2v) is 8.71. The fourth-order valence-corrected chi connectivity index (χ4v) is 4.10. The first-order chi connectivity index (χ1) is 12.2. The lowest BCUT2D eigenvalue weighted by molar-refractivity contribution is -0.120. The average Bonchev–Trinajstić information content (AvgIpc) is 2.62. The van der Waals surface area contributed by atoms with Crippen LogP contribution in [0.2, 0.25) is 5.02 Å². The molecule has 0 bridgehead atoms. The predicted octanol–water partition coefficient (Wildman–Crippen LogP) is 1.58. The van der Waals surface area contributed by atoms with Crippen LogP contribution in [0.3, 0.4) is 0 Å². The largest absolute Gasteiger partial charge is 0.465 e. The smallest absolute Gasteiger partial charge is 0.339 e. The van der Waals surface area contributed by atoms with Gasteiger partial charge in [-0.1, -0.05) is 11.6 Å². The second-order valence-electron chi connectivity index (χ2n) is 6.16. The molecule has 1 heterocycles. The summed E-state index contributed by atoms with van der Waals surface area (Å²) in [5.41, 5.74) is 0.541. The topological polar surface area (TPSA) is 96.0 Å². The first-order valence-corrected chi connectivity index (χ1v) is 9.80. The number of hydrogen-bond acceptors (Lipinski definition) is 5. The highest BCUT2D eigenvalue weighted by Gasteiger charge is 2.33. The van der Waals surface area contributed by atoms with Gasteiger partial charge in [0.05, 0.1) is 23.6 Å². The zero-order valence-electron chi connectivity index (χ0n) is 14.9. The minimum Gasteiger partial charge on any atom is -0.465 e. The van der Waals surface area contributed by atoms with E-state index in [1.165, 1.54) is 37.6 Å². The maximum Gasteiger partial charge on any atom is 0.339 e. The van der Waals surface area contributed by atoms with Crippen LogP contribution in [0.5, 0.6) is 0 Å². The highest BCUT2D eigenvalue weighted by atomic mass is 35.5. The summed E-state index contributed by atoms with van der Waals surface area (Å²) in [5.74, 6) is -1.38. The molecule has 0 spiro atoms. The molecule has 1 aromatic carbocycles. The Bertz CT molecular complexity index is 797. The van der Waals surface area contributed by atoms with Crippen LogP contribution >= 0.6 is 11.6 Å². The van der Waals surface area contributed by atoms with E-state index in [0.717, 1.165) is 4.31 Å². The average molecular weight is 404 g/mol. The van der Waals surface area contributed by atoms with Crippen LogP contribution in [0, 0.1) is 5.92 Å². The minimum atomic E-state index is -3.56. The molecule has 2 rings (SSSR count). The van der Waals surface area contributed by atoms with Gasteiger partial charge >= 0.3 is 5.97 Å². The van der Waals surface area contributed by atoms with Crippen molar-refractivity contribution in [1.29, 1.82) is 0 Å². The molecule has 144 valence electrons. The van der Waals surface area contributed by atoms with Crippen LogP contribution < -0.4 is 5.32 Å². The molecule has 8 nitrogen and oxygen atoms in total. The minimum absolute atomic E-state index is 0.115. The fraction of sp³-hybridized carbons (Fsp3) is 0.500. The Morgan fingerprint density at radius 2 is 2.04 bits per heavy atom. The van der Waals surface area contributed by atoms with Crippen molar-refractivity contribution in [1.82, 2.24) is 8.61 Å². The third-order valence-corrected chi connectivity index (χ3v) is 6.42. The van der Waals surface area contributed by atoms with Gasteiger partial charge in [-0.2, -0.15) is 17.0 Å². The van der Waals surface area contributed by atoms with Crippen molar-refractivity contribution in [2.24, 2.45) is 5.92 Å². The van der Waals surface area contributed by atoms with E-state index in [-0.39, 0.29) is 23.0 Å². The van der Waals surface area contributed by atoms with Crippen LogP contribution in [-0.2, 0) is 19.7 Å². The van der Waals surface area contributed by atoms with E-state index in [1.54, 1.807) is 6.07 Å². The number of carbonyl (C=O) groups excluding carboxylic acids is 2. The van der Waals surface area contributed by atoms with E-state index in [4.69, 9.17) is 11.6 Å². The van der Waals surface area contributed by atoms with Crippen molar-refractivity contribution < 1.29 is 22.7 Å². The Morgan fingerprint density at radius 3 is 2.65 bits per heavy atom. The van der Waals surface area contributed by atoms with Crippen molar-refractivity contribution in [3.05, 3.63) is 28.8 Å². The van der Waals surface area contributed by atoms with Crippen LogP contribution in [0.1, 0.15) is 23.2 Å². The number of halogens is 1. The van der Waals surface area contributed by atoms with E-state index in [0.29, 0.717) is 25.1 Å². The Labute approximate surface area is 158 Å². The number of rotatable bonds is 5. The van der Waals surface area contributed by atoms with E-state index in [9.17, 15) is 18.0 Å². The number of methoxy groups -OCH3 is 1. The van der Waals surface area contributed by atoms with Gasteiger partial charge in [0.15, 0.2) is 0 Å². The molecule has 1 aliphatic rings. The number of esters is 1. The van der Waals surface area contributed by atoms with Gasteiger partial charge in [-0.3, -0.25) is 4.79 Å². The quantitative estimate of drug-likeness (QED) is 0.753. The molecule has 1 aromatic rings. The van der Waals surface area contributed by atoms with Crippen molar-refractivity contribution in [3.8, 4) is 0 Å². The van der Waals surface area contributed by atoms with Crippen molar-refractivity contribution in [2.45, 2.75) is 12.8 Å². The molecular weight excluding hydrogens is 382 g/mol. The summed E-state index contributed by atoms with van der Waals surface area (Å²) >= 11 is 5.96. The lowest BCUT2D eigenvalue weighted by atomic mass is 9.98. The van der Waals surface area contributed by atoms with Crippen molar-refractivity contribution in [2.75, 3.05) is 39.6 Å². The number of nitrogens with one attached hydrogen (secondary N) is 1. The zero-order chi connectivity index (χ0) is 19.5. The van der Waals surface area contributed by atoms with Crippen LogP contribution in [-0.4, -0.2) is 63.2 Å². The Kier molecular flexibility index (Phi) is 6.62. The summed E-state index contributed by atoms with van der Waals surface area (Å²) in [7, 11) is 0.602. The Morgan fingerprint density at radius 1 is 1.35 bits per heavy atom. The lowest BCUT2D eigenvalue weighted by Crippen LogP contribution is -2.47. The summed E-state index contributed by atoms with van der Waals surface area (Å²) in [6.07, 6.45) is 1.18. The fourth-order valence-electron chi connectivity index (χ4n) is 2.71. The Hall–Kier alpha value is -1.68. The summed E-state index contributed by atoms with van der Waals surface area (Å²) in [6, 6.07) is 4.50. The van der Waals surface area contributed by atoms with Gasteiger partial charge in [0, 0.05) is 32.9 Å². The molecule has 0 aromatic heterocycles.